The van der Waals surface area contributed by atoms with Crippen molar-refractivity contribution in [2.45, 2.75) is 38.1 Å². The molecular weight excluding hydrogens is 268 g/mol. The number of hydrogen-bond acceptors (Lipinski definition) is 3. The number of nitrogens with zero attached hydrogens (tertiary/aromatic N) is 2. The summed E-state index contributed by atoms with van der Waals surface area (Å²) in [5, 5.41) is 4.23. The molecule has 1 fully saturated rings. The zero-order chi connectivity index (χ0) is 11.5. The van der Waals surface area contributed by atoms with Crippen molar-refractivity contribution in [3.63, 3.8) is 0 Å². The lowest BCUT2D eigenvalue weighted by molar-refractivity contribution is 0.384. The molecule has 0 aliphatic heterocycles. The highest BCUT2D eigenvalue weighted by atomic mass is 79.9. The molecule has 90 valence electrons. The third-order valence-corrected chi connectivity index (χ3v) is 4.12. The highest BCUT2D eigenvalue weighted by Crippen LogP contribution is 2.34. The Balaban J connectivity index is 2.09. The van der Waals surface area contributed by atoms with Crippen LogP contribution in [-0.2, 0) is 7.05 Å². The standard InChI is InChI=1S/C11H19BrN4/c1-16-11(9(12)7-14-16)10(15-13)6-8-4-2-3-5-8/h7-8,10,15H,2-6,13H2,1H3. The second-order valence-electron chi connectivity index (χ2n) is 4.61. The van der Waals surface area contributed by atoms with Gasteiger partial charge in [0.05, 0.1) is 22.4 Å². The Bertz CT molecular complexity index is 324. The zero-order valence-corrected chi connectivity index (χ0v) is 11.2. The van der Waals surface area contributed by atoms with Crippen LogP contribution in [0.5, 0.6) is 0 Å². The Morgan fingerprint density at radius 1 is 1.62 bits per heavy atom. The molecule has 1 heterocycles. The van der Waals surface area contributed by atoms with Crippen molar-refractivity contribution >= 4 is 15.9 Å². The number of rotatable bonds is 4. The van der Waals surface area contributed by atoms with Gasteiger partial charge in [0.1, 0.15) is 0 Å². The van der Waals surface area contributed by atoms with Gasteiger partial charge in [-0.25, -0.2) is 0 Å². The van der Waals surface area contributed by atoms with E-state index in [1.54, 1.807) is 0 Å². The second-order valence-corrected chi connectivity index (χ2v) is 5.46. The first-order valence-corrected chi connectivity index (χ1v) is 6.65. The molecule has 1 aliphatic rings. The lowest BCUT2D eigenvalue weighted by Gasteiger charge is -2.20. The molecule has 1 aliphatic carbocycles. The molecule has 1 aromatic rings. The van der Waals surface area contributed by atoms with Crippen molar-refractivity contribution in [3.8, 4) is 0 Å². The second kappa shape index (κ2) is 5.29. The number of nitrogens with two attached hydrogens (primary N) is 1. The van der Waals surface area contributed by atoms with Crippen LogP contribution in [0.4, 0.5) is 0 Å². The van der Waals surface area contributed by atoms with E-state index in [-0.39, 0.29) is 6.04 Å². The maximum absolute atomic E-state index is 5.67. The van der Waals surface area contributed by atoms with Crippen molar-refractivity contribution in [1.29, 1.82) is 0 Å². The summed E-state index contributed by atoms with van der Waals surface area (Å²) in [6, 6.07) is 0.199. The molecular formula is C11H19BrN4. The molecule has 4 nitrogen and oxygen atoms in total. The Hall–Kier alpha value is -0.390. The number of aromatic nitrogens is 2. The van der Waals surface area contributed by atoms with E-state index in [0.717, 1.165) is 22.5 Å². The van der Waals surface area contributed by atoms with E-state index in [1.807, 2.05) is 17.9 Å². The number of nitrogens with one attached hydrogen (secondary N) is 1. The molecule has 0 aromatic carbocycles. The molecule has 1 atom stereocenters. The summed E-state index contributed by atoms with van der Waals surface area (Å²) in [5.74, 6) is 6.48. The van der Waals surface area contributed by atoms with E-state index in [0.29, 0.717) is 0 Å². The predicted octanol–water partition coefficient (Wildman–Crippen LogP) is 2.27. The van der Waals surface area contributed by atoms with Crippen LogP contribution in [0.15, 0.2) is 10.7 Å². The molecule has 0 radical (unpaired) electrons. The van der Waals surface area contributed by atoms with E-state index in [1.165, 1.54) is 25.7 Å². The first-order chi connectivity index (χ1) is 7.72. The Labute approximate surface area is 105 Å². The highest BCUT2D eigenvalue weighted by molar-refractivity contribution is 9.10. The van der Waals surface area contributed by atoms with Gasteiger partial charge in [-0.3, -0.25) is 16.0 Å². The molecule has 0 amide bonds. The minimum absolute atomic E-state index is 0.199. The van der Waals surface area contributed by atoms with Crippen LogP contribution in [-0.4, -0.2) is 9.78 Å². The van der Waals surface area contributed by atoms with Crippen molar-refractivity contribution in [3.05, 3.63) is 16.4 Å². The molecule has 0 bridgehead atoms. The lowest BCUT2D eigenvalue weighted by atomic mass is 9.97. The zero-order valence-electron chi connectivity index (χ0n) is 9.62. The highest BCUT2D eigenvalue weighted by Gasteiger charge is 2.24. The Morgan fingerprint density at radius 2 is 2.31 bits per heavy atom. The fraction of sp³-hybridized carbons (Fsp3) is 0.727. The average molecular weight is 287 g/mol. The fourth-order valence-electron chi connectivity index (χ4n) is 2.65. The van der Waals surface area contributed by atoms with Gasteiger partial charge in [-0.05, 0) is 28.3 Å². The first-order valence-electron chi connectivity index (χ1n) is 5.86. The van der Waals surface area contributed by atoms with Gasteiger partial charge in [-0.2, -0.15) is 5.10 Å². The fourth-order valence-corrected chi connectivity index (χ4v) is 3.27. The molecule has 16 heavy (non-hydrogen) atoms. The monoisotopic (exact) mass is 286 g/mol. The minimum Gasteiger partial charge on any atom is -0.271 e. The van der Waals surface area contributed by atoms with Crippen LogP contribution in [0.1, 0.15) is 43.8 Å². The lowest BCUT2D eigenvalue weighted by Crippen LogP contribution is -2.31. The summed E-state index contributed by atoms with van der Waals surface area (Å²) in [4.78, 5) is 0. The van der Waals surface area contributed by atoms with Gasteiger partial charge in [0.2, 0.25) is 0 Å². The molecule has 1 saturated carbocycles. The van der Waals surface area contributed by atoms with E-state index in [4.69, 9.17) is 5.84 Å². The number of hydrazine groups is 1. The van der Waals surface area contributed by atoms with Crippen LogP contribution < -0.4 is 11.3 Å². The SMILES string of the molecule is Cn1ncc(Br)c1C(CC1CCCC1)NN. The van der Waals surface area contributed by atoms with Gasteiger partial charge >= 0.3 is 0 Å². The Morgan fingerprint density at radius 3 is 2.81 bits per heavy atom. The van der Waals surface area contributed by atoms with Gasteiger partial charge in [0.25, 0.3) is 0 Å². The van der Waals surface area contributed by atoms with E-state index in [9.17, 15) is 0 Å². The maximum atomic E-state index is 5.67. The van der Waals surface area contributed by atoms with Crippen LogP contribution >= 0.6 is 15.9 Å². The predicted molar refractivity (Wildman–Crippen MR) is 67.5 cm³/mol. The summed E-state index contributed by atoms with van der Waals surface area (Å²) in [6.45, 7) is 0. The molecule has 3 N–H and O–H groups in total. The third kappa shape index (κ3) is 2.47. The van der Waals surface area contributed by atoms with Crippen LogP contribution in [0.3, 0.4) is 0 Å². The molecule has 0 saturated heterocycles. The smallest absolute Gasteiger partial charge is 0.0705 e. The van der Waals surface area contributed by atoms with E-state index in [2.05, 4.69) is 26.5 Å². The van der Waals surface area contributed by atoms with Gasteiger partial charge in [-0.1, -0.05) is 25.7 Å². The molecule has 1 aromatic heterocycles. The largest absolute Gasteiger partial charge is 0.271 e. The molecule has 0 spiro atoms. The van der Waals surface area contributed by atoms with Gasteiger partial charge in [0, 0.05) is 7.05 Å². The molecule has 1 unspecified atom stereocenters. The van der Waals surface area contributed by atoms with Crippen molar-refractivity contribution in [2.75, 3.05) is 0 Å². The van der Waals surface area contributed by atoms with E-state index < -0.39 is 0 Å². The van der Waals surface area contributed by atoms with Crippen molar-refractivity contribution in [1.82, 2.24) is 15.2 Å². The normalized spacial score (nSPS) is 19.2. The van der Waals surface area contributed by atoms with Crippen LogP contribution in [0.25, 0.3) is 0 Å². The first kappa shape index (κ1) is 12.1. The third-order valence-electron chi connectivity index (χ3n) is 3.51. The Kier molecular flexibility index (Phi) is 4.00. The average Bonchev–Trinajstić information content (AvgIpc) is 2.87. The molecule has 2 rings (SSSR count). The number of halogens is 1. The van der Waals surface area contributed by atoms with Crippen LogP contribution in [0, 0.1) is 5.92 Å². The summed E-state index contributed by atoms with van der Waals surface area (Å²) in [5.41, 5.74) is 4.07. The molecule has 5 heteroatoms. The van der Waals surface area contributed by atoms with Crippen molar-refractivity contribution in [2.24, 2.45) is 18.8 Å². The van der Waals surface area contributed by atoms with E-state index >= 15 is 0 Å². The number of hydrogen-bond donors (Lipinski definition) is 2. The summed E-state index contributed by atoms with van der Waals surface area (Å²) in [7, 11) is 1.96. The van der Waals surface area contributed by atoms with Gasteiger partial charge < -0.3 is 0 Å². The minimum atomic E-state index is 0.199. The van der Waals surface area contributed by atoms with Crippen molar-refractivity contribution < 1.29 is 0 Å². The van der Waals surface area contributed by atoms with Gasteiger partial charge in [-0.15, -0.1) is 0 Å². The topological polar surface area (TPSA) is 55.9 Å². The van der Waals surface area contributed by atoms with Crippen LogP contribution in [0.2, 0.25) is 0 Å². The quantitative estimate of drug-likeness (QED) is 0.660. The summed E-state index contributed by atoms with van der Waals surface area (Å²) >= 11 is 3.53. The van der Waals surface area contributed by atoms with Gasteiger partial charge in [0.15, 0.2) is 0 Å². The maximum Gasteiger partial charge on any atom is 0.0705 e. The summed E-state index contributed by atoms with van der Waals surface area (Å²) < 4.78 is 2.93. The summed E-state index contributed by atoms with van der Waals surface area (Å²) in [6.07, 6.45) is 8.35. The number of aryl methyl sites for hydroxylation is 1.